The molecule has 0 bridgehead atoms. The van der Waals surface area contributed by atoms with Gasteiger partial charge in [0.15, 0.2) is 0 Å². The Bertz CT molecular complexity index is 1080. The van der Waals surface area contributed by atoms with E-state index in [1.807, 2.05) is 6.07 Å². The van der Waals surface area contributed by atoms with E-state index in [-0.39, 0.29) is 11.3 Å². The summed E-state index contributed by atoms with van der Waals surface area (Å²) in [6.07, 6.45) is -3.30. The maximum absolute atomic E-state index is 13.1. The average Bonchev–Trinajstić information content (AvgIpc) is 3.11. The third-order valence-electron chi connectivity index (χ3n) is 3.67. The van der Waals surface area contributed by atoms with Crippen LogP contribution in [0.2, 0.25) is 10.0 Å². The number of nitriles is 1. The Morgan fingerprint density at radius 2 is 1.93 bits per heavy atom. The van der Waals surface area contributed by atoms with E-state index in [2.05, 4.69) is 10.3 Å². The molecule has 1 heterocycles. The number of nitrogens with one attached hydrogen (secondary N) is 1. The maximum Gasteiger partial charge on any atom is 0.418 e. The second-order valence-corrected chi connectivity index (χ2v) is 7.22. The van der Waals surface area contributed by atoms with Gasteiger partial charge in [-0.05, 0) is 30.3 Å². The number of para-hydroxylation sites is 1. The van der Waals surface area contributed by atoms with Crippen molar-refractivity contribution in [2.45, 2.75) is 6.18 Å². The van der Waals surface area contributed by atoms with E-state index in [0.29, 0.717) is 26.3 Å². The standard InChI is InChI=1S/C19H10Cl2F3N3S/c20-12-5-6-13(15(21)7-12)17-10-28-18(27-17)11(8-25)9-26-16-4-2-1-3-14(16)19(22,23)24/h1-7,9-10,26H. The Kier molecular flexibility index (Phi) is 5.94. The van der Waals surface area contributed by atoms with Crippen LogP contribution in [-0.2, 0) is 6.18 Å². The first-order valence-electron chi connectivity index (χ1n) is 7.74. The largest absolute Gasteiger partial charge is 0.418 e. The van der Waals surface area contributed by atoms with Crippen LogP contribution in [0.15, 0.2) is 54.0 Å². The minimum absolute atomic E-state index is 0.0957. The average molecular weight is 440 g/mol. The number of thiazole rings is 1. The van der Waals surface area contributed by atoms with Crippen molar-refractivity contribution in [1.29, 1.82) is 5.26 Å². The minimum Gasteiger partial charge on any atom is -0.360 e. The van der Waals surface area contributed by atoms with Crippen molar-refractivity contribution in [3.8, 4) is 17.3 Å². The fraction of sp³-hybridized carbons (Fsp3) is 0.0526. The number of benzene rings is 2. The van der Waals surface area contributed by atoms with Gasteiger partial charge in [-0.15, -0.1) is 11.3 Å². The van der Waals surface area contributed by atoms with Crippen LogP contribution < -0.4 is 5.32 Å². The molecule has 3 rings (SSSR count). The summed E-state index contributed by atoms with van der Waals surface area (Å²) in [7, 11) is 0. The maximum atomic E-state index is 13.1. The van der Waals surface area contributed by atoms with E-state index >= 15 is 0 Å². The molecule has 142 valence electrons. The van der Waals surface area contributed by atoms with Crippen molar-refractivity contribution in [3.63, 3.8) is 0 Å². The van der Waals surface area contributed by atoms with E-state index in [4.69, 9.17) is 23.2 Å². The second kappa shape index (κ2) is 8.23. The number of aromatic nitrogens is 1. The van der Waals surface area contributed by atoms with Gasteiger partial charge in [0, 0.05) is 22.2 Å². The third kappa shape index (κ3) is 4.47. The van der Waals surface area contributed by atoms with Gasteiger partial charge in [0.25, 0.3) is 0 Å². The zero-order valence-corrected chi connectivity index (χ0v) is 16.2. The molecule has 0 amide bonds. The third-order valence-corrected chi connectivity index (χ3v) is 5.09. The predicted molar refractivity (Wildman–Crippen MR) is 106 cm³/mol. The molecule has 1 aromatic heterocycles. The van der Waals surface area contributed by atoms with Crippen molar-refractivity contribution in [2.24, 2.45) is 0 Å². The van der Waals surface area contributed by atoms with E-state index in [1.54, 1.807) is 23.6 Å². The summed E-state index contributed by atoms with van der Waals surface area (Å²) >= 11 is 13.2. The molecule has 28 heavy (non-hydrogen) atoms. The molecule has 0 radical (unpaired) electrons. The molecule has 0 atom stereocenters. The molecule has 3 aromatic rings. The molecule has 0 fully saturated rings. The van der Waals surface area contributed by atoms with Gasteiger partial charge in [0.1, 0.15) is 16.6 Å². The van der Waals surface area contributed by atoms with Crippen LogP contribution in [0.5, 0.6) is 0 Å². The number of halogens is 5. The van der Waals surface area contributed by atoms with Gasteiger partial charge in [-0.1, -0.05) is 35.3 Å². The highest BCUT2D eigenvalue weighted by molar-refractivity contribution is 7.11. The monoisotopic (exact) mass is 439 g/mol. The van der Waals surface area contributed by atoms with E-state index < -0.39 is 11.7 Å². The molecule has 0 saturated heterocycles. The van der Waals surface area contributed by atoms with Crippen LogP contribution in [0.1, 0.15) is 10.6 Å². The Morgan fingerprint density at radius 3 is 2.61 bits per heavy atom. The molecule has 0 aliphatic rings. The van der Waals surface area contributed by atoms with Gasteiger partial charge < -0.3 is 5.32 Å². The van der Waals surface area contributed by atoms with Gasteiger partial charge in [-0.25, -0.2) is 4.98 Å². The molecule has 9 heteroatoms. The molecular weight excluding hydrogens is 430 g/mol. The Hall–Kier alpha value is -2.53. The van der Waals surface area contributed by atoms with Crippen LogP contribution in [0.4, 0.5) is 18.9 Å². The van der Waals surface area contributed by atoms with Crippen molar-refractivity contribution in [2.75, 3.05) is 5.32 Å². The second-order valence-electron chi connectivity index (χ2n) is 5.52. The summed E-state index contributed by atoms with van der Waals surface area (Å²) in [6, 6.07) is 11.9. The Balaban J connectivity index is 1.90. The van der Waals surface area contributed by atoms with Gasteiger partial charge in [0.05, 0.1) is 22.0 Å². The lowest BCUT2D eigenvalue weighted by atomic mass is 10.1. The topological polar surface area (TPSA) is 48.7 Å². The zero-order valence-electron chi connectivity index (χ0n) is 13.9. The quantitative estimate of drug-likeness (QED) is 0.440. The number of rotatable bonds is 4. The number of anilines is 1. The Labute approximate surface area is 172 Å². The minimum atomic E-state index is -4.51. The van der Waals surface area contributed by atoms with Crippen molar-refractivity contribution in [3.05, 3.63) is 74.7 Å². The highest BCUT2D eigenvalue weighted by Gasteiger charge is 2.33. The number of hydrogen-bond donors (Lipinski definition) is 1. The molecule has 0 spiro atoms. The van der Waals surface area contributed by atoms with Crippen LogP contribution in [0.3, 0.4) is 0 Å². The summed E-state index contributed by atoms with van der Waals surface area (Å²) in [5, 5.41) is 14.9. The predicted octanol–water partition coefficient (Wildman–Crippen LogP) is 7.11. The number of alkyl halides is 3. The van der Waals surface area contributed by atoms with Gasteiger partial charge in [-0.2, -0.15) is 18.4 Å². The first-order chi connectivity index (χ1) is 13.3. The summed E-state index contributed by atoms with van der Waals surface area (Å²) in [5.41, 5.74) is 0.301. The van der Waals surface area contributed by atoms with Crippen molar-refractivity contribution in [1.82, 2.24) is 4.98 Å². The molecular formula is C19H10Cl2F3N3S. The summed E-state index contributed by atoms with van der Waals surface area (Å²) in [4.78, 5) is 4.36. The highest BCUT2D eigenvalue weighted by Crippen LogP contribution is 2.35. The summed E-state index contributed by atoms with van der Waals surface area (Å²) in [6.45, 7) is 0. The molecule has 0 aliphatic heterocycles. The number of allylic oxidation sites excluding steroid dienone is 1. The fourth-order valence-corrected chi connectivity index (χ4v) is 3.66. The highest BCUT2D eigenvalue weighted by atomic mass is 35.5. The SMILES string of the molecule is N#CC(=CNc1ccccc1C(F)(F)F)c1nc(-c2ccc(Cl)cc2Cl)cs1. The zero-order chi connectivity index (χ0) is 20.3. The van der Waals surface area contributed by atoms with Gasteiger partial charge >= 0.3 is 6.18 Å². The van der Waals surface area contributed by atoms with Crippen LogP contribution >= 0.6 is 34.5 Å². The molecule has 2 aromatic carbocycles. The van der Waals surface area contributed by atoms with Gasteiger partial charge in [0.2, 0.25) is 0 Å². The normalized spacial score (nSPS) is 11.9. The number of hydrogen-bond acceptors (Lipinski definition) is 4. The van der Waals surface area contributed by atoms with Gasteiger partial charge in [-0.3, -0.25) is 0 Å². The molecule has 0 unspecified atom stereocenters. The van der Waals surface area contributed by atoms with E-state index in [1.165, 1.54) is 35.7 Å². The summed E-state index contributed by atoms with van der Waals surface area (Å²) < 4.78 is 39.2. The molecule has 1 N–H and O–H groups in total. The van der Waals surface area contributed by atoms with Crippen LogP contribution in [0.25, 0.3) is 16.8 Å². The van der Waals surface area contributed by atoms with E-state index in [9.17, 15) is 18.4 Å². The lowest BCUT2D eigenvalue weighted by molar-refractivity contribution is -0.136. The van der Waals surface area contributed by atoms with Crippen LogP contribution in [-0.4, -0.2) is 4.98 Å². The Morgan fingerprint density at radius 1 is 1.18 bits per heavy atom. The van der Waals surface area contributed by atoms with Crippen molar-refractivity contribution < 1.29 is 13.2 Å². The lowest BCUT2D eigenvalue weighted by Gasteiger charge is -2.12. The lowest BCUT2D eigenvalue weighted by Crippen LogP contribution is -2.08. The van der Waals surface area contributed by atoms with Crippen molar-refractivity contribution >= 4 is 45.8 Å². The number of nitrogens with zero attached hydrogens (tertiary/aromatic N) is 2. The molecule has 0 aliphatic carbocycles. The first kappa shape index (κ1) is 20.2. The fourth-order valence-electron chi connectivity index (χ4n) is 2.37. The smallest absolute Gasteiger partial charge is 0.360 e. The molecule has 0 saturated carbocycles. The summed E-state index contributed by atoms with van der Waals surface area (Å²) in [5.74, 6) is 0. The van der Waals surface area contributed by atoms with Crippen LogP contribution in [0, 0.1) is 11.3 Å². The first-order valence-corrected chi connectivity index (χ1v) is 9.37. The molecule has 3 nitrogen and oxygen atoms in total. The van der Waals surface area contributed by atoms with E-state index in [0.717, 1.165) is 6.07 Å².